The van der Waals surface area contributed by atoms with Crippen LogP contribution < -0.4 is 5.32 Å². The number of carboxylic acids is 1. The van der Waals surface area contributed by atoms with Gasteiger partial charge in [-0.3, -0.25) is 4.79 Å². The third kappa shape index (κ3) is 3.92. The molecule has 29 heavy (non-hydrogen) atoms. The fraction of sp³-hybridized carbons (Fsp3) is 0.261. The van der Waals surface area contributed by atoms with Crippen molar-refractivity contribution in [3.05, 3.63) is 82.7 Å². The Morgan fingerprint density at radius 3 is 2.52 bits per heavy atom. The van der Waals surface area contributed by atoms with Crippen molar-refractivity contribution < 1.29 is 14.7 Å². The zero-order chi connectivity index (χ0) is 20.4. The van der Waals surface area contributed by atoms with E-state index in [0.29, 0.717) is 5.69 Å². The first-order chi connectivity index (χ1) is 14.0. The van der Waals surface area contributed by atoms with Crippen LogP contribution in [-0.2, 0) is 24.1 Å². The molecule has 0 unspecified atom stereocenters. The van der Waals surface area contributed by atoms with E-state index in [1.807, 2.05) is 66.2 Å². The van der Waals surface area contributed by atoms with E-state index < -0.39 is 17.9 Å². The maximum absolute atomic E-state index is 13.0. The molecule has 6 heteroatoms. The summed E-state index contributed by atoms with van der Waals surface area (Å²) in [6.45, 7) is 2.02. The molecular formula is C23H23N3O3. The summed E-state index contributed by atoms with van der Waals surface area (Å²) in [5, 5.41) is 16.8. The highest BCUT2D eigenvalue weighted by atomic mass is 16.4. The molecule has 0 bridgehead atoms. The first kappa shape index (κ1) is 18.9. The van der Waals surface area contributed by atoms with Gasteiger partial charge in [-0.1, -0.05) is 48.0 Å². The van der Waals surface area contributed by atoms with Crippen LogP contribution in [0.3, 0.4) is 0 Å². The van der Waals surface area contributed by atoms with E-state index in [1.54, 1.807) is 0 Å². The number of aromatic nitrogens is 2. The molecule has 1 atom stereocenters. The van der Waals surface area contributed by atoms with Crippen molar-refractivity contribution in [2.24, 2.45) is 0 Å². The third-order valence-corrected chi connectivity index (χ3v) is 5.31. The molecule has 0 spiro atoms. The number of hydrogen-bond donors (Lipinski definition) is 2. The minimum atomic E-state index is -1.06. The molecule has 4 rings (SSSR count). The molecule has 148 valence electrons. The molecule has 0 saturated carbocycles. The standard InChI is InChI=1S/C23H23N3O3/c1-15-10-12-17(13-11-15)26-20-9-5-8-18(20)21(25-26)22(27)24-19(23(28)29)14-16-6-3-2-4-7-16/h2-4,6-7,10-13,19H,5,8-9,14H2,1H3,(H,24,27)(H,28,29)/t19-/m0/s1. The molecule has 1 aliphatic rings. The van der Waals surface area contributed by atoms with Gasteiger partial charge in [0.15, 0.2) is 5.69 Å². The lowest BCUT2D eigenvalue weighted by molar-refractivity contribution is -0.139. The summed E-state index contributed by atoms with van der Waals surface area (Å²) in [4.78, 5) is 24.7. The van der Waals surface area contributed by atoms with E-state index in [1.165, 1.54) is 0 Å². The maximum atomic E-state index is 13.0. The Morgan fingerprint density at radius 2 is 1.83 bits per heavy atom. The van der Waals surface area contributed by atoms with Crippen LogP contribution in [0.1, 0.15) is 39.3 Å². The molecule has 0 saturated heterocycles. The summed E-state index contributed by atoms with van der Waals surface area (Å²) in [5.74, 6) is -1.49. The van der Waals surface area contributed by atoms with Crippen LogP contribution in [0, 0.1) is 6.92 Å². The van der Waals surface area contributed by atoms with Gasteiger partial charge >= 0.3 is 5.97 Å². The lowest BCUT2D eigenvalue weighted by Crippen LogP contribution is -2.42. The summed E-state index contributed by atoms with van der Waals surface area (Å²) in [6.07, 6.45) is 2.82. The molecule has 6 nitrogen and oxygen atoms in total. The molecule has 0 radical (unpaired) electrons. The number of carboxylic acid groups (broad SMARTS) is 1. The van der Waals surface area contributed by atoms with Crippen LogP contribution in [0.2, 0.25) is 0 Å². The normalized spacial score (nSPS) is 13.7. The van der Waals surface area contributed by atoms with Crippen LogP contribution in [0.25, 0.3) is 5.69 Å². The number of nitrogens with zero attached hydrogens (tertiary/aromatic N) is 2. The van der Waals surface area contributed by atoms with E-state index in [2.05, 4.69) is 10.4 Å². The number of nitrogens with one attached hydrogen (secondary N) is 1. The van der Waals surface area contributed by atoms with Crippen LogP contribution in [0.4, 0.5) is 0 Å². The minimum absolute atomic E-state index is 0.225. The monoisotopic (exact) mass is 389 g/mol. The number of aliphatic carboxylic acids is 1. The van der Waals surface area contributed by atoms with Gasteiger partial charge in [0.05, 0.1) is 5.69 Å². The Morgan fingerprint density at radius 1 is 1.10 bits per heavy atom. The molecule has 2 aromatic carbocycles. The van der Waals surface area contributed by atoms with Gasteiger partial charge in [-0.25, -0.2) is 9.48 Å². The summed E-state index contributed by atoms with van der Waals surface area (Å²) >= 11 is 0. The molecular weight excluding hydrogens is 366 g/mol. The highest BCUT2D eigenvalue weighted by molar-refractivity contribution is 5.96. The number of carbonyl (C=O) groups excluding carboxylic acids is 1. The average molecular weight is 389 g/mol. The highest BCUT2D eigenvalue weighted by Gasteiger charge is 2.29. The topological polar surface area (TPSA) is 84.2 Å². The van der Waals surface area contributed by atoms with Gasteiger partial charge in [0.1, 0.15) is 6.04 Å². The molecule has 1 aliphatic carbocycles. The second-order valence-electron chi connectivity index (χ2n) is 7.43. The molecule has 2 N–H and O–H groups in total. The first-order valence-electron chi connectivity index (χ1n) is 9.78. The second-order valence-corrected chi connectivity index (χ2v) is 7.43. The van der Waals surface area contributed by atoms with E-state index in [4.69, 9.17) is 0 Å². The molecule has 1 amide bonds. The van der Waals surface area contributed by atoms with Gasteiger partial charge in [0.2, 0.25) is 0 Å². The van der Waals surface area contributed by atoms with Gasteiger partial charge in [-0.05, 0) is 43.9 Å². The van der Waals surface area contributed by atoms with Gasteiger partial charge in [-0.15, -0.1) is 0 Å². The zero-order valence-corrected chi connectivity index (χ0v) is 16.3. The summed E-state index contributed by atoms with van der Waals surface area (Å²) in [7, 11) is 0. The van der Waals surface area contributed by atoms with E-state index in [0.717, 1.165) is 47.3 Å². The third-order valence-electron chi connectivity index (χ3n) is 5.31. The lowest BCUT2D eigenvalue weighted by atomic mass is 10.1. The Bertz CT molecular complexity index is 1040. The van der Waals surface area contributed by atoms with Crippen molar-refractivity contribution in [3.8, 4) is 5.69 Å². The number of benzene rings is 2. The van der Waals surface area contributed by atoms with Gasteiger partial charge in [-0.2, -0.15) is 5.10 Å². The molecule has 1 heterocycles. The number of hydrogen-bond acceptors (Lipinski definition) is 3. The fourth-order valence-electron chi connectivity index (χ4n) is 3.80. The molecule has 0 fully saturated rings. The number of rotatable bonds is 6. The minimum Gasteiger partial charge on any atom is -0.480 e. The summed E-state index contributed by atoms with van der Waals surface area (Å²) < 4.78 is 1.82. The summed E-state index contributed by atoms with van der Waals surface area (Å²) in [6, 6.07) is 16.3. The van der Waals surface area contributed by atoms with Crippen LogP contribution in [0.5, 0.6) is 0 Å². The Kier molecular flexibility index (Phi) is 5.16. The van der Waals surface area contributed by atoms with Crippen molar-refractivity contribution >= 4 is 11.9 Å². The fourth-order valence-corrected chi connectivity index (χ4v) is 3.80. The Hall–Kier alpha value is -3.41. The van der Waals surface area contributed by atoms with E-state index >= 15 is 0 Å². The van der Waals surface area contributed by atoms with E-state index in [-0.39, 0.29) is 6.42 Å². The number of aryl methyl sites for hydroxylation is 1. The zero-order valence-electron chi connectivity index (χ0n) is 16.3. The van der Waals surface area contributed by atoms with Gasteiger partial charge in [0, 0.05) is 17.7 Å². The smallest absolute Gasteiger partial charge is 0.326 e. The molecule has 1 aromatic heterocycles. The van der Waals surface area contributed by atoms with Crippen molar-refractivity contribution in [1.82, 2.24) is 15.1 Å². The summed E-state index contributed by atoms with van der Waals surface area (Å²) in [5.41, 5.74) is 5.21. The highest BCUT2D eigenvalue weighted by Crippen LogP contribution is 2.28. The SMILES string of the molecule is Cc1ccc(-n2nc(C(=O)N[C@@H](Cc3ccccc3)C(=O)O)c3c2CCC3)cc1. The van der Waals surface area contributed by atoms with Gasteiger partial charge < -0.3 is 10.4 Å². The lowest BCUT2D eigenvalue weighted by Gasteiger charge is -2.14. The van der Waals surface area contributed by atoms with Crippen molar-refractivity contribution in [2.75, 3.05) is 0 Å². The number of carbonyl (C=O) groups is 2. The molecule has 3 aromatic rings. The van der Waals surface area contributed by atoms with E-state index in [9.17, 15) is 14.7 Å². The number of amides is 1. The van der Waals surface area contributed by atoms with Crippen molar-refractivity contribution in [3.63, 3.8) is 0 Å². The quantitative estimate of drug-likeness (QED) is 0.679. The molecule has 0 aliphatic heterocycles. The van der Waals surface area contributed by atoms with Crippen LogP contribution in [-0.4, -0.2) is 32.8 Å². The van der Waals surface area contributed by atoms with Crippen LogP contribution in [0.15, 0.2) is 54.6 Å². The largest absolute Gasteiger partial charge is 0.480 e. The van der Waals surface area contributed by atoms with Crippen molar-refractivity contribution in [2.45, 2.75) is 38.6 Å². The second kappa shape index (κ2) is 7.91. The number of fused-ring (bicyclic) bond motifs is 1. The Balaban J connectivity index is 1.60. The first-order valence-corrected chi connectivity index (χ1v) is 9.78. The van der Waals surface area contributed by atoms with Gasteiger partial charge in [0.25, 0.3) is 5.91 Å². The van der Waals surface area contributed by atoms with Crippen LogP contribution >= 0.6 is 0 Å². The maximum Gasteiger partial charge on any atom is 0.326 e. The average Bonchev–Trinajstić information content (AvgIpc) is 3.31. The predicted molar refractivity (Wildman–Crippen MR) is 109 cm³/mol. The Labute approximate surface area is 169 Å². The van der Waals surface area contributed by atoms with Crippen molar-refractivity contribution in [1.29, 1.82) is 0 Å². The predicted octanol–water partition coefficient (Wildman–Crippen LogP) is 3.10.